The van der Waals surface area contributed by atoms with Crippen molar-refractivity contribution in [2.45, 2.75) is 38.4 Å². The predicted molar refractivity (Wildman–Crippen MR) is 97.6 cm³/mol. The van der Waals surface area contributed by atoms with Crippen molar-refractivity contribution >= 4 is 34.8 Å². The van der Waals surface area contributed by atoms with E-state index in [1.54, 1.807) is 11.3 Å². The van der Waals surface area contributed by atoms with E-state index in [9.17, 15) is 4.79 Å². The van der Waals surface area contributed by atoms with Crippen molar-refractivity contribution in [3.63, 3.8) is 0 Å². The van der Waals surface area contributed by atoms with Gasteiger partial charge in [0.15, 0.2) is 0 Å². The predicted octanol–water partition coefficient (Wildman–Crippen LogP) is 3.88. The van der Waals surface area contributed by atoms with Crippen molar-refractivity contribution in [2.24, 2.45) is 11.3 Å². The van der Waals surface area contributed by atoms with Crippen molar-refractivity contribution in [3.05, 3.63) is 33.7 Å². The van der Waals surface area contributed by atoms with Crippen LogP contribution in [0, 0.1) is 18.3 Å². The summed E-state index contributed by atoms with van der Waals surface area (Å²) in [5, 5.41) is 10.8. The number of aromatic nitrogens is 3. The Labute approximate surface area is 149 Å². The maximum Gasteiger partial charge on any atom is 0.227 e. The second-order valence-corrected chi connectivity index (χ2v) is 8.83. The molecule has 1 aliphatic heterocycles. The molecule has 0 unspecified atom stereocenters. The number of nitrogens with zero attached hydrogens (tertiary/aromatic N) is 3. The molecule has 0 radical (unpaired) electrons. The van der Waals surface area contributed by atoms with Crippen LogP contribution in [0.25, 0.3) is 0 Å². The van der Waals surface area contributed by atoms with Gasteiger partial charge in [-0.25, -0.2) is 4.68 Å². The highest BCUT2D eigenvalue weighted by molar-refractivity contribution is 7.98. The average molecular weight is 361 g/mol. The van der Waals surface area contributed by atoms with Gasteiger partial charge in [-0.05, 0) is 35.6 Å². The summed E-state index contributed by atoms with van der Waals surface area (Å²) in [6, 6.07) is 2.00. The van der Waals surface area contributed by atoms with Gasteiger partial charge in [0, 0.05) is 17.0 Å². The van der Waals surface area contributed by atoms with Crippen molar-refractivity contribution in [1.82, 2.24) is 14.8 Å². The molecule has 4 rings (SSSR count). The minimum atomic E-state index is -0.209. The standard InChI is InChI=1S/C17H20N4OS2/c1-9-5-6-24-14(9)13-12-10(7-17(2,3)8-11(12)22)18-15-19-16(23-4)20-21(13)15/h5-7,12-13H,8H2,1-4H3,(H,18,19,20)/t12-,13+/m1/s1. The summed E-state index contributed by atoms with van der Waals surface area (Å²) >= 11 is 3.21. The van der Waals surface area contributed by atoms with E-state index in [1.807, 2.05) is 10.9 Å². The summed E-state index contributed by atoms with van der Waals surface area (Å²) in [6.45, 7) is 6.31. The highest BCUT2D eigenvalue weighted by Gasteiger charge is 2.45. The van der Waals surface area contributed by atoms with Crippen molar-refractivity contribution in [3.8, 4) is 0 Å². The van der Waals surface area contributed by atoms with Gasteiger partial charge in [0.25, 0.3) is 0 Å². The molecular weight excluding hydrogens is 340 g/mol. The molecule has 2 aliphatic rings. The molecule has 0 amide bonds. The molecule has 1 N–H and O–H groups in total. The number of Topliss-reactive ketones (excluding diaryl/α,β-unsaturated/α-hetero) is 1. The Kier molecular flexibility index (Phi) is 3.61. The van der Waals surface area contributed by atoms with Crippen LogP contribution in [0.4, 0.5) is 5.95 Å². The first-order valence-electron chi connectivity index (χ1n) is 7.96. The Balaban J connectivity index is 1.93. The Hall–Kier alpha value is -1.60. The maximum absolute atomic E-state index is 13.0. The first kappa shape index (κ1) is 15.9. The summed E-state index contributed by atoms with van der Waals surface area (Å²) in [7, 11) is 0. The number of fused-ring (bicyclic) bond motifs is 2. The molecule has 0 bridgehead atoms. The lowest BCUT2D eigenvalue weighted by atomic mass is 9.72. The van der Waals surface area contributed by atoms with E-state index in [2.05, 4.69) is 53.7 Å². The first-order chi connectivity index (χ1) is 11.4. The largest absolute Gasteiger partial charge is 0.328 e. The summed E-state index contributed by atoms with van der Waals surface area (Å²) < 4.78 is 1.91. The van der Waals surface area contributed by atoms with Gasteiger partial charge in [0.1, 0.15) is 11.8 Å². The molecule has 7 heteroatoms. The van der Waals surface area contributed by atoms with Crippen LogP contribution >= 0.6 is 23.1 Å². The third kappa shape index (κ3) is 2.41. The Morgan fingerprint density at radius 2 is 2.25 bits per heavy atom. The molecule has 0 saturated carbocycles. The lowest BCUT2D eigenvalue weighted by Gasteiger charge is -2.39. The van der Waals surface area contributed by atoms with Crippen LogP contribution in [0.3, 0.4) is 0 Å². The van der Waals surface area contributed by atoms with E-state index in [1.165, 1.54) is 22.2 Å². The zero-order valence-electron chi connectivity index (χ0n) is 14.2. The number of nitrogens with one attached hydrogen (secondary N) is 1. The number of hydrogen-bond acceptors (Lipinski definition) is 6. The maximum atomic E-state index is 13.0. The lowest BCUT2D eigenvalue weighted by Crippen LogP contribution is -2.41. The molecule has 5 nitrogen and oxygen atoms in total. The molecule has 126 valence electrons. The Morgan fingerprint density at radius 3 is 2.92 bits per heavy atom. The van der Waals surface area contributed by atoms with Gasteiger partial charge in [0.05, 0.1) is 5.92 Å². The van der Waals surface area contributed by atoms with Crippen molar-refractivity contribution < 1.29 is 4.79 Å². The highest BCUT2D eigenvalue weighted by atomic mass is 32.2. The third-order valence-corrected chi connectivity index (χ3v) is 6.29. The number of thiophene rings is 1. The van der Waals surface area contributed by atoms with Crippen LogP contribution in [-0.4, -0.2) is 26.8 Å². The molecule has 2 aromatic heterocycles. The topological polar surface area (TPSA) is 59.8 Å². The van der Waals surface area contributed by atoms with E-state index >= 15 is 0 Å². The number of allylic oxidation sites excluding steroid dienone is 2. The number of aryl methyl sites for hydroxylation is 1. The van der Waals surface area contributed by atoms with E-state index in [-0.39, 0.29) is 23.2 Å². The van der Waals surface area contributed by atoms with E-state index in [0.717, 1.165) is 16.8 Å². The van der Waals surface area contributed by atoms with Gasteiger partial charge < -0.3 is 5.32 Å². The molecule has 0 spiro atoms. The number of carbonyl (C=O) groups excluding carboxylic acids is 1. The molecule has 2 atom stereocenters. The van der Waals surface area contributed by atoms with E-state index in [4.69, 9.17) is 0 Å². The number of ketones is 1. The van der Waals surface area contributed by atoms with Crippen LogP contribution < -0.4 is 5.32 Å². The minimum Gasteiger partial charge on any atom is -0.328 e. The molecule has 0 fully saturated rings. The van der Waals surface area contributed by atoms with E-state index in [0.29, 0.717) is 6.42 Å². The van der Waals surface area contributed by atoms with Crippen LogP contribution in [-0.2, 0) is 4.79 Å². The smallest absolute Gasteiger partial charge is 0.227 e. The lowest BCUT2D eigenvalue weighted by molar-refractivity contribution is -0.125. The zero-order chi connectivity index (χ0) is 17.1. The fourth-order valence-corrected chi connectivity index (χ4v) is 5.04. The average Bonchev–Trinajstić information content (AvgIpc) is 3.09. The zero-order valence-corrected chi connectivity index (χ0v) is 15.8. The first-order valence-corrected chi connectivity index (χ1v) is 10.1. The van der Waals surface area contributed by atoms with Gasteiger partial charge in [0.2, 0.25) is 11.1 Å². The second kappa shape index (κ2) is 5.46. The Morgan fingerprint density at radius 1 is 1.46 bits per heavy atom. The van der Waals surface area contributed by atoms with Crippen LogP contribution in [0.5, 0.6) is 0 Å². The summed E-state index contributed by atoms with van der Waals surface area (Å²) in [5.41, 5.74) is 2.05. The van der Waals surface area contributed by atoms with Gasteiger partial charge in [-0.1, -0.05) is 31.7 Å². The quantitative estimate of drug-likeness (QED) is 0.824. The van der Waals surface area contributed by atoms with Crippen molar-refractivity contribution in [1.29, 1.82) is 0 Å². The minimum absolute atomic E-state index is 0.107. The fourth-order valence-electron chi connectivity index (χ4n) is 3.64. The summed E-state index contributed by atoms with van der Waals surface area (Å²) in [4.78, 5) is 18.8. The molecule has 1 aliphatic carbocycles. The monoisotopic (exact) mass is 360 g/mol. The van der Waals surface area contributed by atoms with Crippen molar-refractivity contribution in [2.75, 3.05) is 11.6 Å². The third-order valence-electron chi connectivity index (χ3n) is 4.66. The summed E-state index contributed by atoms with van der Waals surface area (Å²) in [6.07, 6.45) is 4.72. The van der Waals surface area contributed by atoms with Gasteiger partial charge in [-0.3, -0.25) is 4.79 Å². The number of anilines is 1. The number of thioether (sulfide) groups is 1. The van der Waals surface area contributed by atoms with Crippen LogP contribution in [0.15, 0.2) is 28.4 Å². The molecular formula is C17H20N4OS2. The number of carbonyl (C=O) groups is 1. The molecule has 24 heavy (non-hydrogen) atoms. The molecule has 0 saturated heterocycles. The number of rotatable bonds is 2. The van der Waals surface area contributed by atoms with Gasteiger partial charge in [-0.15, -0.1) is 16.4 Å². The second-order valence-electron chi connectivity index (χ2n) is 7.11. The Bertz CT molecular complexity index is 849. The van der Waals surface area contributed by atoms with Gasteiger partial charge in [-0.2, -0.15) is 4.98 Å². The van der Waals surface area contributed by atoms with Crippen LogP contribution in [0.1, 0.15) is 36.8 Å². The molecule has 0 aromatic carbocycles. The summed E-state index contributed by atoms with van der Waals surface area (Å²) in [5.74, 6) is 0.791. The van der Waals surface area contributed by atoms with Gasteiger partial charge >= 0.3 is 0 Å². The molecule has 2 aromatic rings. The normalized spacial score (nSPS) is 24.8. The SMILES string of the molecule is CSc1nc2n(n1)[C@H](c1sccc1C)[C@H]1C(=O)CC(C)(C)C=C1N2. The fraction of sp³-hybridized carbons (Fsp3) is 0.471. The molecule has 3 heterocycles. The van der Waals surface area contributed by atoms with Crippen LogP contribution in [0.2, 0.25) is 0 Å². The van der Waals surface area contributed by atoms with E-state index < -0.39 is 0 Å². The highest BCUT2D eigenvalue weighted by Crippen LogP contribution is 2.47. The number of hydrogen-bond donors (Lipinski definition) is 1.